The lowest BCUT2D eigenvalue weighted by Gasteiger charge is -2.03. The van der Waals surface area contributed by atoms with Gasteiger partial charge < -0.3 is 0 Å². The maximum atomic E-state index is 12.9. The molecule has 0 N–H and O–H groups in total. The van der Waals surface area contributed by atoms with Crippen molar-refractivity contribution in [3.63, 3.8) is 0 Å². The summed E-state index contributed by atoms with van der Waals surface area (Å²) in [5.41, 5.74) is 0. The molecule has 1 aromatic rings. The van der Waals surface area contributed by atoms with Crippen molar-refractivity contribution in [2.75, 3.05) is 0 Å². The standard InChI is InChI=1S/C6H2Br2ClFO2S/c7-3-1-2-4(10)5(8)6(3)13(9,11)12/h1-2H. The van der Waals surface area contributed by atoms with Gasteiger partial charge in [0.25, 0.3) is 9.05 Å². The SMILES string of the molecule is O=S(=O)(Cl)c1c(Br)ccc(F)c1Br. The smallest absolute Gasteiger partial charge is 0.207 e. The molecule has 0 aromatic heterocycles. The minimum absolute atomic E-state index is 0.170. The average Bonchev–Trinajstić information content (AvgIpc) is 1.95. The predicted octanol–water partition coefficient (Wildman–Crippen LogP) is 3.28. The summed E-state index contributed by atoms with van der Waals surface area (Å²) in [7, 11) is 1.14. The lowest BCUT2D eigenvalue weighted by Crippen LogP contribution is -1.95. The zero-order chi connectivity index (χ0) is 10.2. The second-order valence-corrected chi connectivity index (χ2v) is 6.26. The molecule has 1 rings (SSSR count). The van der Waals surface area contributed by atoms with E-state index in [0.29, 0.717) is 0 Å². The van der Waals surface area contributed by atoms with Crippen molar-refractivity contribution in [1.82, 2.24) is 0 Å². The zero-order valence-electron chi connectivity index (χ0n) is 5.89. The van der Waals surface area contributed by atoms with E-state index < -0.39 is 14.9 Å². The van der Waals surface area contributed by atoms with Gasteiger partial charge in [0.1, 0.15) is 10.7 Å². The molecule has 0 heterocycles. The first-order chi connectivity index (χ1) is 5.84. The summed E-state index contributed by atoms with van der Waals surface area (Å²) in [6, 6.07) is 2.40. The Labute approximate surface area is 95.8 Å². The first-order valence-corrected chi connectivity index (χ1v) is 6.81. The van der Waals surface area contributed by atoms with Crippen LogP contribution in [0.1, 0.15) is 0 Å². The molecule has 0 saturated carbocycles. The van der Waals surface area contributed by atoms with Crippen LogP contribution in [0.15, 0.2) is 26.0 Å². The van der Waals surface area contributed by atoms with Crippen LogP contribution in [0.3, 0.4) is 0 Å². The minimum atomic E-state index is -3.95. The molecule has 0 unspecified atom stereocenters. The van der Waals surface area contributed by atoms with E-state index in [9.17, 15) is 12.8 Å². The average molecular weight is 352 g/mol. The van der Waals surface area contributed by atoms with E-state index >= 15 is 0 Å². The molecule has 7 heteroatoms. The monoisotopic (exact) mass is 350 g/mol. The molecular weight excluding hydrogens is 350 g/mol. The number of hydrogen-bond acceptors (Lipinski definition) is 2. The van der Waals surface area contributed by atoms with E-state index in [-0.39, 0.29) is 13.8 Å². The maximum Gasteiger partial charge on any atom is 0.263 e. The second kappa shape index (κ2) is 3.84. The molecule has 0 spiro atoms. The van der Waals surface area contributed by atoms with E-state index in [4.69, 9.17) is 10.7 Å². The number of halogens is 4. The van der Waals surface area contributed by atoms with Gasteiger partial charge in [-0.3, -0.25) is 0 Å². The van der Waals surface area contributed by atoms with E-state index in [0.717, 1.165) is 6.07 Å². The van der Waals surface area contributed by atoms with Gasteiger partial charge in [0.15, 0.2) is 0 Å². The van der Waals surface area contributed by atoms with Crippen molar-refractivity contribution in [1.29, 1.82) is 0 Å². The molecule has 13 heavy (non-hydrogen) atoms. The summed E-state index contributed by atoms with van der Waals surface area (Å²) >= 11 is 5.75. The summed E-state index contributed by atoms with van der Waals surface area (Å²) in [4.78, 5) is -0.297. The van der Waals surface area contributed by atoms with Crippen LogP contribution >= 0.6 is 42.5 Å². The van der Waals surface area contributed by atoms with Crippen molar-refractivity contribution in [3.05, 3.63) is 26.9 Å². The normalized spacial score (nSPS) is 11.7. The Hall–Kier alpha value is 0.350. The fraction of sp³-hybridized carbons (Fsp3) is 0. The summed E-state index contributed by atoms with van der Waals surface area (Å²) in [6.45, 7) is 0. The van der Waals surface area contributed by atoms with Crippen LogP contribution in [0.2, 0.25) is 0 Å². The van der Waals surface area contributed by atoms with Gasteiger partial charge in [0.05, 0.1) is 4.47 Å². The van der Waals surface area contributed by atoms with Crippen molar-refractivity contribution in [3.8, 4) is 0 Å². The Bertz CT molecular complexity index is 446. The number of hydrogen-bond donors (Lipinski definition) is 0. The lowest BCUT2D eigenvalue weighted by molar-refractivity contribution is 0.597. The highest BCUT2D eigenvalue weighted by Crippen LogP contribution is 2.33. The molecule has 0 fully saturated rings. The molecule has 0 atom stereocenters. The Balaban J connectivity index is 3.62. The first-order valence-electron chi connectivity index (χ1n) is 2.92. The third kappa shape index (κ3) is 2.43. The van der Waals surface area contributed by atoms with Gasteiger partial charge >= 0.3 is 0 Å². The van der Waals surface area contributed by atoms with E-state index in [1.807, 2.05) is 0 Å². The fourth-order valence-electron chi connectivity index (χ4n) is 0.732. The molecule has 0 saturated heterocycles. The molecule has 0 aliphatic rings. The molecule has 0 aliphatic heterocycles. The van der Waals surface area contributed by atoms with E-state index in [1.165, 1.54) is 6.07 Å². The molecule has 0 amide bonds. The maximum absolute atomic E-state index is 12.9. The van der Waals surface area contributed by atoms with Crippen molar-refractivity contribution in [2.24, 2.45) is 0 Å². The van der Waals surface area contributed by atoms with Crippen molar-refractivity contribution < 1.29 is 12.8 Å². The van der Waals surface area contributed by atoms with Crippen LogP contribution in [-0.2, 0) is 9.05 Å². The van der Waals surface area contributed by atoms with Crippen LogP contribution in [0.25, 0.3) is 0 Å². The summed E-state index contributed by atoms with van der Waals surface area (Å²) in [6.07, 6.45) is 0. The molecule has 0 radical (unpaired) electrons. The molecule has 0 bridgehead atoms. The summed E-state index contributed by atoms with van der Waals surface area (Å²) in [5, 5.41) is 0. The topological polar surface area (TPSA) is 34.1 Å². The van der Waals surface area contributed by atoms with Gasteiger partial charge in [-0.2, -0.15) is 0 Å². The van der Waals surface area contributed by atoms with Crippen LogP contribution in [0.4, 0.5) is 4.39 Å². The summed E-state index contributed by atoms with van der Waals surface area (Å²) in [5.74, 6) is -0.678. The zero-order valence-corrected chi connectivity index (χ0v) is 10.6. The Kier molecular flexibility index (Phi) is 3.38. The van der Waals surface area contributed by atoms with Gasteiger partial charge in [0.2, 0.25) is 0 Å². The molecular formula is C6H2Br2ClFO2S. The van der Waals surface area contributed by atoms with E-state index in [1.54, 1.807) is 0 Å². The van der Waals surface area contributed by atoms with Gasteiger partial charge in [-0.25, -0.2) is 12.8 Å². The van der Waals surface area contributed by atoms with Crippen molar-refractivity contribution in [2.45, 2.75) is 4.90 Å². The van der Waals surface area contributed by atoms with Crippen molar-refractivity contribution >= 4 is 51.6 Å². The molecule has 0 aliphatic carbocycles. The minimum Gasteiger partial charge on any atom is -0.207 e. The third-order valence-electron chi connectivity index (χ3n) is 1.25. The van der Waals surface area contributed by atoms with Gasteiger partial charge in [0, 0.05) is 15.2 Å². The lowest BCUT2D eigenvalue weighted by atomic mass is 10.3. The highest BCUT2D eigenvalue weighted by atomic mass is 79.9. The largest absolute Gasteiger partial charge is 0.263 e. The molecule has 72 valence electrons. The van der Waals surface area contributed by atoms with Gasteiger partial charge in [-0.05, 0) is 44.0 Å². The fourth-order valence-corrected chi connectivity index (χ4v) is 4.61. The predicted molar refractivity (Wildman–Crippen MR) is 54.8 cm³/mol. The molecule has 2 nitrogen and oxygen atoms in total. The van der Waals surface area contributed by atoms with Crippen LogP contribution in [-0.4, -0.2) is 8.42 Å². The summed E-state index contributed by atoms with van der Waals surface area (Å²) < 4.78 is 34.9. The van der Waals surface area contributed by atoms with E-state index in [2.05, 4.69) is 31.9 Å². The van der Waals surface area contributed by atoms with Crippen LogP contribution < -0.4 is 0 Å². The first kappa shape index (κ1) is 11.4. The van der Waals surface area contributed by atoms with Gasteiger partial charge in [-0.15, -0.1) is 0 Å². The Morgan fingerprint density at radius 2 is 1.85 bits per heavy atom. The number of rotatable bonds is 1. The molecule has 1 aromatic carbocycles. The number of benzene rings is 1. The van der Waals surface area contributed by atoms with Crippen LogP contribution in [0.5, 0.6) is 0 Å². The van der Waals surface area contributed by atoms with Gasteiger partial charge in [-0.1, -0.05) is 0 Å². The second-order valence-electron chi connectivity index (χ2n) is 2.11. The highest BCUT2D eigenvalue weighted by Gasteiger charge is 2.20. The van der Waals surface area contributed by atoms with Crippen LogP contribution in [0, 0.1) is 5.82 Å². The quantitative estimate of drug-likeness (QED) is 0.574. The Morgan fingerprint density at radius 1 is 1.31 bits per heavy atom. The highest BCUT2D eigenvalue weighted by molar-refractivity contribution is 9.11. The third-order valence-corrected chi connectivity index (χ3v) is 4.58. The Morgan fingerprint density at radius 3 is 2.23 bits per heavy atom.